The highest BCUT2D eigenvalue weighted by atomic mass is 127. The lowest BCUT2D eigenvalue weighted by Gasteiger charge is -2.36. The molecule has 0 unspecified atom stereocenters. The number of aromatic nitrogens is 3. The van der Waals surface area contributed by atoms with Crippen LogP contribution in [0.4, 0.5) is 5.69 Å². The first kappa shape index (κ1) is 24.2. The second-order valence-corrected chi connectivity index (χ2v) is 7.03. The molecule has 0 radical (unpaired) electrons. The van der Waals surface area contributed by atoms with Gasteiger partial charge in [-0.05, 0) is 37.2 Å². The van der Waals surface area contributed by atoms with Crippen LogP contribution in [0.1, 0.15) is 12.2 Å². The van der Waals surface area contributed by atoms with Crippen molar-refractivity contribution in [3.05, 3.63) is 36.4 Å². The van der Waals surface area contributed by atoms with Crippen molar-refractivity contribution in [2.24, 2.45) is 12.0 Å². The molecule has 1 aromatic carbocycles. The Morgan fingerprint density at radius 3 is 2.47 bits per heavy atom. The van der Waals surface area contributed by atoms with Gasteiger partial charge in [-0.15, -0.1) is 24.0 Å². The topological polar surface area (TPSA) is 82.8 Å². The molecule has 2 N–H and O–H groups in total. The first-order valence-electron chi connectivity index (χ1n) is 10.1. The fourth-order valence-electron chi connectivity index (χ4n) is 3.40. The number of guanidine groups is 1. The molecule has 1 fully saturated rings. The smallest absolute Gasteiger partial charge is 0.191 e. The molecule has 9 nitrogen and oxygen atoms in total. The molecule has 0 saturated carbocycles. The van der Waals surface area contributed by atoms with E-state index in [0.717, 1.165) is 63.2 Å². The lowest BCUT2D eigenvalue weighted by molar-refractivity contribution is 0.255. The summed E-state index contributed by atoms with van der Waals surface area (Å²) in [4.78, 5) is 13.4. The van der Waals surface area contributed by atoms with E-state index in [1.165, 1.54) is 5.69 Å². The highest BCUT2D eigenvalue weighted by Gasteiger charge is 2.16. The zero-order chi connectivity index (χ0) is 20.5. The molecule has 0 aliphatic carbocycles. The van der Waals surface area contributed by atoms with Crippen LogP contribution in [-0.4, -0.2) is 79.0 Å². The third kappa shape index (κ3) is 7.01. The van der Waals surface area contributed by atoms with E-state index in [1.54, 1.807) is 25.2 Å². The standard InChI is InChI=1S/C20H32N8O.HI/c1-21-20(23-15-19-24-16-25-26(19)2)22-9-4-10-27-11-13-28(14-12-27)17-5-7-18(29-3)8-6-17;/h5-8,16H,4,9-15H2,1-3H3,(H2,21,22,23);1H. The number of methoxy groups -OCH3 is 1. The van der Waals surface area contributed by atoms with E-state index in [0.29, 0.717) is 6.54 Å². The molecule has 166 valence electrons. The van der Waals surface area contributed by atoms with Gasteiger partial charge in [0.15, 0.2) is 5.96 Å². The van der Waals surface area contributed by atoms with Crippen molar-refractivity contribution in [1.29, 1.82) is 0 Å². The van der Waals surface area contributed by atoms with Crippen molar-refractivity contribution in [1.82, 2.24) is 30.3 Å². The van der Waals surface area contributed by atoms with Crippen molar-refractivity contribution < 1.29 is 4.74 Å². The van der Waals surface area contributed by atoms with Gasteiger partial charge in [-0.3, -0.25) is 14.6 Å². The number of benzene rings is 1. The van der Waals surface area contributed by atoms with Crippen molar-refractivity contribution >= 4 is 35.6 Å². The second-order valence-electron chi connectivity index (χ2n) is 7.03. The van der Waals surface area contributed by atoms with E-state index in [-0.39, 0.29) is 24.0 Å². The van der Waals surface area contributed by atoms with E-state index >= 15 is 0 Å². The number of hydrogen-bond acceptors (Lipinski definition) is 6. The molecule has 2 heterocycles. The molecule has 3 rings (SSSR count). The van der Waals surface area contributed by atoms with Crippen LogP contribution in [0.25, 0.3) is 0 Å². The SMILES string of the molecule is CN=C(NCCCN1CCN(c2ccc(OC)cc2)CC1)NCc1ncnn1C.I. The quantitative estimate of drug-likeness (QED) is 0.232. The Labute approximate surface area is 195 Å². The third-order valence-corrected chi connectivity index (χ3v) is 5.20. The van der Waals surface area contributed by atoms with Gasteiger partial charge in [0.05, 0.1) is 13.7 Å². The highest BCUT2D eigenvalue weighted by molar-refractivity contribution is 14.0. The highest BCUT2D eigenvalue weighted by Crippen LogP contribution is 2.20. The zero-order valence-electron chi connectivity index (χ0n) is 18.0. The lowest BCUT2D eigenvalue weighted by Crippen LogP contribution is -2.47. The maximum absolute atomic E-state index is 5.24. The third-order valence-electron chi connectivity index (χ3n) is 5.20. The fraction of sp³-hybridized carbons (Fsp3) is 0.550. The molecule has 0 bridgehead atoms. The summed E-state index contributed by atoms with van der Waals surface area (Å²) < 4.78 is 7.00. The molecule has 1 saturated heterocycles. The number of piperazine rings is 1. The molecular formula is C20H33IN8O. The van der Waals surface area contributed by atoms with Crippen LogP contribution in [0.5, 0.6) is 5.75 Å². The van der Waals surface area contributed by atoms with Gasteiger partial charge in [0.2, 0.25) is 0 Å². The van der Waals surface area contributed by atoms with Crippen LogP contribution < -0.4 is 20.3 Å². The number of rotatable bonds is 8. The number of anilines is 1. The first-order valence-corrected chi connectivity index (χ1v) is 10.1. The Morgan fingerprint density at radius 1 is 1.13 bits per heavy atom. The normalized spacial score (nSPS) is 14.9. The fourth-order valence-corrected chi connectivity index (χ4v) is 3.40. The molecule has 30 heavy (non-hydrogen) atoms. The minimum absolute atomic E-state index is 0. The summed E-state index contributed by atoms with van der Waals surface area (Å²) in [5.41, 5.74) is 1.27. The molecular weight excluding hydrogens is 495 g/mol. The number of nitrogens with one attached hydrogen (secondary N) is 2. The van der Waals surface area contributed by atoms with Crippen molar-refractivity contribution in [3.63, 3.8) is 0 Å². The Hall–Kier alpha value is -2.08. The largest absolute Gasteiger partial charge is 0.497 e. The average Bonchev–Trinajstić information content (AvgIpc) is 3.18. The van der Waals surface area contributed by atoms with Gasteiger partial charge < -0.3 is 20.3 Å². The van der Waals surface area contributed by atoms with Gasteiger partial charge >= 0.3 is 0 Å². The van der Waals surface area contributed by atoms with Crippen LogP contribution in [0.3, 0.4) is 0 Å². The van der Waals surface area contributed by atoms with Crippen molar-refractivity contribution in [3.8, 4) is 5.75 Å². The summed E-state index contributed by atoms with van der Waals surface area (Å²) >= 11 is 0. The van der Waals surface area contributed by atoms with E-state index in [9.17, 15) is 0 Å². The summed E-state index contributed by atoms with van der Waals surface area (Å²) in [6.45, 7) is 6.86. The van der Waals surface area contributed by atoms with Crippen LogP contribution in [0, 0.1) is 0 Å². The lowest BCUT2D eigenvalue weighted by atomic mass is 10.2. The molecule has 2 aromatic rings. The van der Waals surface area contributed by atoms with Crippen LogP contribution in [0.15, 0.2) is 35.6 Å². The van der Waals surface area contributed by atoms with Gasteiger partial charge in [-0.2, -0.15) is 5.10 Å². The molecule has 1 aliphatic rings. The zero-order valence-corrected chi connectivity index (χ0v) is 20.4. The van der Waals surface area contributed by atoms with Crippen LogP contribution in [-0.2, 0) is 13.6 Å². The predicted molar refractivity (Wildman–Crippen MR) is 131 cm³/mol. The monoisotopic (exact) mass is 528 g/mol. The van der Waals surface area contributed by atoms with E-state index in [4.69, 9.17) is 4.74 Å². The van der Waals surface area contributed by atoms with Crippen LogP contribution in [0.2, 0.25) is 0 Å². The average molecular weight is 528 g/mol. The predicted octanol–water partition coefficient (Wildman–Crippen LogP) is 1.32. The van der Waals surface area contributed by atoms with E-state index in [1.807, 2.05) is 19.2 Å². The van der Waals surface area contributed by atoms with Gasteiger partial charge in [-0.1, -0.05) is 0 Å². The van der Waals surface area contributed by atoms with Gasteiger partial charge in [-0.25, -0.2) is 4.98 Å². The summed E-state index contributed by atoms with van der Waals surface area (Å²) in [6, 6.07) is 8.33. The molecule has 0 atom stereocenters. The second kappa shape index (κ2) is 12.6. The maximum Gasteiger partial charge on any atom is 0.191 e. The number of aryl methyl sites for hydroxylation is 1. The van der Waals surface area contributed by atoms with Gasteiger partial charge in [0.1, 0.15) is 17.9 Å². The minimum Gasteiger partial charge on any atom is -0.497 e. The summed E-state index contributed by atoms with van der Waals surface area (Å²) in [7, 11) is 5.37. The molecule has 0 amide bonds. The Morgan fingerprint density at radius 2 is 1.87 bits per heavy atom. The number of ether oxygens (including phenoxy) is 1. The first-order chi connectivity index (χ1) is 14.2. The Balaban J connectivity index is 0.00000320. The van der Waals surface area contributed by atoms with Crippen molar-refractivity contribution in [2.75, 3.05) is 58.3 Å². The number of hydrogen-bond donors (Lipinski definition) is 2. The van der Waals surface area contributed by atoms with E-state index in [2.05, 4.69) is 47.6 Å². The number of aliphatic imine (C=N–C) groups is 1. The summed E-state index contributed by atoms with van der Waals surface area (Å²) in [5.74, 6) is 2.57. The molecule has 0 spiro atoms. The molecule has 10 heteroatoms. The Bertz CT molecular complexity index is 771. The Kier molecular flexibility index (Phi) is 10.1. The molecule has 1 aromatic heterocycles. The van der Waals surface area contributed by atoms with Crippen molar-refractivity contribution in [2.45, 2.75) is 13.0 Å². The van der Waals surface area contributed by atoms with Crippen LogP contribution >= 0.6 is 24.0 Å². The summed E-state index contributed by atoms with van der Waals surface area (Å²) in [6.07, 6.45) is 2.63. The minimum atomic E-state index is 0. The summed E-state index contributed by atoms with van der Waals surface area (Å²) in [5, 5.41) is 10.7. The maximum atomic E-state index is 5.24. The van der Waals surface area contributed by atoms with E-state index < -0.39 is 0 Å². The van der Waals surface area contributed by atoms with Gasteiger partial charge in [0.25, 0.3) is 0 Å². The molecule has 1 aliphatic heterocycles. The number of halogens is 1. The number of nitrogens with zero attached hydrogens (tertiary/aromatic N) is 6. The van der Waals surface area contributed by atoms with Gasteiger partial charge in [0, 0.05) is 52.5 Å².